The van der Waals surface area contributed by atoms with E-state index in [1.54, 1.807) is 0 Å². The van der Waals surface area contributed by atoms with Gasteiger partial charge in [-0.05, 0) is 19.4 Å². The van der Waals surface area contributed by atoms with Crippen LogP contribution in [0.15, 0.2) is 12.1 Å². The van der Waals surface area contributed by atoms with Crippen LogP contribution in [0.4, 0.5) is 8.78 Å². The van der Waals surface area contributed by atoms with Gasteiger partial charge in [-0.1, -0.05) is 0 Å². The molecule has 1 aromatic rings. The van der Waals surface area contributed by atoms with Gasteiger partial charge in [0, 0.05) is 50.4 Å². The molecule has 3 atom stereocenters. The molecule has 3 saturated heterocycles. The van der Waals surface area contributed by atoms with Crippen LogP contribution in [0.25, 0.3) is 0 Å². The zero-order valence-electron chi connectivity index (χ0n) is 12.9. The average molecular weight is 325 g/mol. The molecular weight excluding hydrogens is 304 g/mol. The van der Waals surface area contributed by atoms with Crippen molar-refractivity contribution in [3.63, 3.8) is 0 Å². The van der Waals surface area contributed by atoms with Crippen LogP contribution >= 0.6 is 0 Å². The van der Waals surface area contributed by atoms with Crippen molar-refractivity contribution in [1.82, 2.24) is 15.1 Å². The molecule has 126 valence electrons. The fourth-order valence-corrected chi connectivity index (χ4v) is 3.35. The van der Waals surface area contributed by atoms with Crippen LogP contribution in [0.3, 0.4) is 0 Å². The van der Waals surface area contributed by atoms with Gasteiger partial charge in [0.15, 0.2) is 0 Å². The van der Waals surface area contributed by atoms with Gasteiger partial charge in [0.2, 0.25) is 5.91 Å². The molecule has 2 bridgehead atoms. The molecule has 2 N–H and O–H groups in total. The third kappa shape index (κ3) is 3.61. The quantitative estimate of drug-likeness (QED) is 0.856. The minimum absolute atomic E-state index is 0.0557. The lowest BCUT2D eigenvalue weighted by molar-refractivity contribution is -0.128. The zero-order valence-corrected chi connectivity index (χ0v) is 12.9. The highest BCUT2D eigenvalue weighted by molar-refractivity contribution is 5.82. The lowest BCUT2D eigenvalue weighted by Crippen LogP contribution is -2.56. The second-order valence-electron chi connectivity index (χ2n) is 6.13. The Kier molecular flexibility index (Phi) is 4.77. The van der Waals surface area contributed by atoms with E-state index in [9.17, 15) is 13.6 Å². The van der Waals surface area contributed by atoms with Crippen molar-refractivity contribution in [2.45, 2.75) is 18.9 Å². The van der Waals surface area contributed by atoms with Crippen LogP contribution in [0.2, 0.25) is 0 Å². The van der Waals surface area contributed by atoms with Crippen LogP contribution in [0, 0.1) is 11.6 Å². The molecule has 3 aliphatic rings. The Bertz CT molecular complexity index is 570. The van der Waals surface area contributed by atoms with Crippen LogP contribution in [-0.4, -0.2) is 66.1 Å². The summed E-state index contributed by atoms with van der Waals surface area (Å²) in [6.45, 7) is 4.70. The fraction of sp³-hybridized carbons (Fsp3) is 0.562. The first kappa shape index (κ1) is 16.1. The minimum Gasteiger partial charge on any atom is -0.508 e. The number of benzene rings is 1. The van der Waals surface area contributed by atoms with E-state index in [1.165, 1.54) is 0 Å². The van der Waals surface area contributed by atoms with E-state index in [2.05, 4.69) is 15.1 Å². The molecule has 4 rings (SSSR count). The van der Waals surface area contributed by atoms with Crippen molar-refractivity contribution in [1.29, 1.82) is 0 Å². The maximum Gasteiger partial charge on any atom is 0.238 e. The summed E-state index contributed by atoms with van der Waals surface area (Å²) in [5.41, 5.74) is -0.116. The fourth-order valence-electron chi connectivity index (χ4n) is 3.35. The largest absolute Gasteiger partial charge is 0.508 e. The van der Waals surface area contributed by atoms with Gasteiger partial charge in [0.25, 0.3) is 0 Å². The number of amides is 1. The summed E-state index contributed by atoms with van der Waals surface area (Å²) in [5, 5.41) is 11.9. The van der Waals surface area contributed by atoms with Crippen LogP contribution < -0.4 is 5.32 Å². The number of carbonyl (C=O) groups is 1. The number of nitrogens with one attached hydrogen (secondary N) is 1. The SMILES string of the molecule is O=C(NCCc1c(F)cc(O)cc1F)C1CN2CCCN1CC2. The summed E-state index contributed by atoms with van der Waals surface area (Å²) in [4.78, 5) is 16.8. The molecule has 0 saturated carbocycles. The molecule has 5 nitrogen and oxygen atoms in total. The van der Waals surface area contributed by atoms with E-state index in [-0.39, 0.29) is 30.5 Å². The van der Waals surface area contributed by atoms with Gasteiger partial charge in [-0.25, -0.2) is 8.78 Å². The number of rotatable bonds is 4. The predicted octanol–water partition coefficient (Wildman–Crippen LogP) is 0.719. The Labute approximate surface area is 133 Å². The predicted molar refractivity (Wildman–Crippen MR) is 81.2 cm³/mol. The van der Waals surface area contributed by atoms with Crippen LogP contribution in [0.1, 0.15) is 12.0 Å². The number of aromatic hydroxyl groups is 1. The Hall–Kier alpha value is -1.73. The summed E-state index contributed by atoms with van der Waals surface area (Å²) in [6.07, 6.45) is 1.12. The number of carbonyl (C=O) groups excluding carboxylic acids is 1. The van der Waals surface area contributed by atoms with E-state index in [4.69, 9.17) is 5.11 Å². The smallest absolute Gasteiger partial charge is 0.238 e. The number of hydrogen-bond acceptors (Lipinski definition) is 4. The lowest BCUT2D eigenvalue weighted by atomic mass is 10.1. The van der Waals surface area contributed by atoms with Crippen molar-refractivity contribution >= 4 is 5.91 Å². The molecule has 1 amide bonds. The van der Waals surface area contributed by atoms with E-state index in [0.717, 1.165) is 44.7 Å². The molecule has 3 aliphatic heterocycles. The van der Waals surface area contributed by atoms with Crippen molar-refractivity contribution in [2.75, 3.05) is 39.3 Å². The van der Waals surface area contributed by atoms with Gasteiger partial charge in [0.1, 0.15) is 23.4 Å². The monoisotopic (exact) mass is 325 g/mol. The summed E-state index contributed by atoms with van der Waals surface area (Å²) in [5.74, 6) is -2.11. The van der Waals surface area contributed by atoms with Crippen molar-refractivity contribution in [2.24, 2.45) is 0 Å². The number of phenolic OH excluding ortho intramolecular Hbond substituents is 1. The lowest BCUT2D eigenvalue weighted by Gasteiger charge is -2.36. The molecule has 0 aromatic heterocycles. The summed E-state index contributed by atoms with van der Waals surface area (Å²) in [6, 6.07) is 1.58. The number of hydrogen-bond donors (Lipinski definition) is 2. The summed E-state index contributed by atoms with van der Waals surface area (Å²) >= 11 is 0. The second-order valence-corrected chi connectivity index (χ2v) is 6.13. The second kappa shape index (κ2) is 6.80. The average Bonchev–Trinajstić information content (AvgIpc) is 2.85. The number of halogens is 2. The molecule has 0 aliphatic carbocycles. The Balaban J connectivity index is 1.56. The number of piperazine rings is 1. The standard InChI is InChI=1S/C16H21F2N3O2/c17-13-8-11(22)9-14(18)12(13)2-3-19-16(23)15-10-20-4-1-5-21(15)7-6-20/h8-9,15,22H,1-7,10H2,(H,19,23). The maximum absolute atomic E-state index is 13.6. The minimum atomic E-state index is -0.792. The van der Waals surface area contributed by atoms with E-state index >= 15 is 0 Å². The summed E-state index contributed by atoms with van der Waals surface area (Å²) in [7, 11) is 0. The van der Waals surface area contributed by atoms with Gasteiger partial charge >= 0.3 is 0 Å². The first-order valence-corrected chi connectivity index (χ1v) is 7.95. The Morgan fingerprint density at radius 2 is 1.96 bits per heavy atom. The van der Waals surface area contributed by atoms with Crippen LogP contribution in [0.5, 0.6) is 5.75 Å². The normalized spacial score (nSPS) is 26.8. The molecule has 0 radical (unpaired) electrons. The first-order chi connectivity index (χ1) is 11.0. The van der Waals surface area contributed by atoms with E-state index in [0.29, 0.717) is 6.54 Å². The highest BCUT2D eigenvalue weighted by Gasteiger charge is 2.34. The number of phenols is 1. The van der Waals surface area contributed by atoms with Crippen molar-refractivity contribution in [3.05, 3.63) is 29.3 Å². The van der Waals surface area contributed by atoms with E-state index in [1.807, 2.05) is 0 Å². The van der Waals surface area contributed by atoms with Crippen molar-refractivity contribution < 1.29 is 18.7 Å². The van der Waals surface area contributed by atoms with Gasteiger partial charge in [-0.3, -0.25) is 14.6 Å². The molecule has 3 heterocycles. The molecule has 3 fully saturated rings. The molecular formula is C16H21F2N3O2. The Morgan fingerprint density at radius 3 is 2.70 bits per heavy atom. The maximum atomic E-state index is 13.6. The van der Waals surface area contributed by atoms with Gasteiger partial charge < -0.3 is 10.4 Å². The molecule has 7 heteroatoms. The third-order valence-corrected chi connectivity index (χ3v) is 4.60. The molecule has 0 spiro atoms. The first-order valence-electron chi connectivity index (χ1n) is 7.95. The van der Waals surface area contributed by atoms with Gasteiger partial charge in [-0.2, -0.15) is 0 Å². The third-order valence-electron chi connectivity index (χ3n) is 4.60. The number of nitrogens with zero attached hydrogens (tertiary/aromatic N) is 2. The van der Waals surface area contributed by atoms with Crippen molar-refractivity contribution in [3.8, 4) is 5.75 Å². The highest BCUT2D eigenvalue weighted by atomic mass is 19.1. The summed E-state index contributed by atoms with van der Waals surface area (Å²) < 4.78 is 27.3. The Morgan fingerprint density at radius 1 is 1.22 bits per heavy atom. The highest BCUT2D eigenvalue weighted by Crippen LogP contribution is 2.20. The van der Waals surface area contributed by atoms with E-state index < -0.39 is 17.4 Å². The molecule has 23 heavy (non-hydrogen) atoms. The topological polar surface area (TPSA) is 55.8 Å². The van der Waals surface area contributed by atoms with Crippen LogP contribution in [-0.2, 0) is 11.2 Å². The molecule has 1 aromatic carbocycles. The number of fused-ring (bicyclic) bond motifs is 4. The van der Waals surface area contributed by atoms with Gasteiger partial charge in [0.05, 0.1) is 0 Å². The zero-order chi connectivity index (χ0) is 16.4. The van der Waals surface area contributed by atoms with Gasteiger partial charge in [-0.15, -0.1) is 0 Å². The molecule has 3 unspecified atom stereocenters.